The Kier molecular flexibility index (Phi) is 6.68. The molecule has 7 heteroatoms. The normalized spacial score (nSPS) is 13.6. The molecular formula is C23H21F3O4. The van der Waals surface area contributed by atoms with Crippen molar-refractivity contribution in [3.63, 3.8) is 0 Å². The van der Waals surface area contributed by atoms with Crippen molar-refractivity contribution in [1.82, 2.24) is 0 Å². The molecule has 0 saturated heterocycles. The van der Waals surface area contributed by atoms with Crippen LogP contribution in [-0.2, 0) is 17.3 Å². The number of carboxylic acid groups (broad SMARTS) is 1. The third kappa shape index (κ3) is 6.01. The Bertz CT molecular complexity index is 982. The highest BCUT2D eigenvalue weighted by molar-refractivity contribution is 5.88. The molecule has 0 bridgehead atoms. The molecular weight excluding hydrogens is 397 g/mol. The molecule has 0 atom stereocenters. The number of aromatic carboxylic acids is 1. The van der Waals surface area contributed by atoms with Gasteiger partial charge in [0.15, 0.2) is 0 Å². The molecule has 1 saturated carbocycles. The molecule has 0 amide bonds. The second-order valence-electron chi connectivity index (χ2n) is 7.28. The van der Waals surface area contributed by atoms with Crippen LogP contribution >= 0.6 is 0 Å². The average molecular weight is 418 g/mol. The van der Waals surface area contributed by atoms with E-state index in [-0.39, 0.29) is 11.1 Å². The van der Waals surface area contributed by atoms with Gasteiger partial charge in [-0.2, -0.15) is 13.2 Å². The van der Waals surface area contributed by atoms with Crippen molar-refractivity contribution >= 4 is 5.97 Å². The number of aryl methyl sites for hydroxylation is 1. The van der Waals surface area contributed by atoms with Gasteiger partial charge < -0.3 is 14.9 Å². The first kappa shape index (κ1) is 21.7. The Balaban J connectivity index is 1.82. The standard InChI is InChI=1S/C23H21F3O4/c24-23(25,26)21-13-20(27)10-9-17(21)7-5-16-6-8-19(22(28)29)12-18(16)2-1-11-30-14-15-3-4-15/h6,8-10,12-13,15,27H,1-4,11,14H2,(H,28,29). The maximum absolute atomic E-state index is 13.2. The first-order valence-corrected chi connectivity index (χ1v) is 9.60. The number of rotatable bonds is 7. The molecule has 30 heavy (non-hydrogen) atoms. The summed E-state index contributed by atoms with van der Waals surface area (Å²) in [6.45, 7) is 1.25. The van der Waals surface area contributed by atoms with Gasteiger partial charge in [-0.1, -0.05) is 11.8 Å². The number of aromatic hydroxyl groups is 1. The summed E-state index contributed by atoms with van der Waals surface area (Å²) in [6.07, 6.45) is -1.12. The Morgan fingerprint density at radius 2 is 1.80 bits per heavy atom. The number of carboxylic acids is 1. The number of phenols is 1. The van der Waals surface area contributed by atoms with Crippen molar-refractivity contribution in [1.29, 1.82) is 0 Å². The molecule has 1 aliphatic carbocycles. The molecule has 0 aromatic heterocycles. The largest absolute Gasteiger partial charge is 0.508 e. The molecule has 0 heterocycles. The Hall–Kier alpha value is -2.98. The molecule has 0 aliphatic heterocycles. The van der Waals surface area contributed by atoms with Crippen LogP contribution in [0.25, 0.3) is 0 Å². The number of hydrogen-bond donors (Lipinski definition) is 2. The lowest BCUT2D eigenvalue weighted by Crippen LogP contribution is -2.07. The predicted molar refractivity (Wildman–Crippen MR) is 104 cm³/mol. The van der Waals surface area contributed by atoms with Crippen LogP contribution in [0.4, 0.5) is 13.2 Å². The molecule has 0 unspecified atom stereocenters. The third-order valence-corrected chi connectivity index (χ3v) is 4.78. The van der Waals surface area contributed by atoms with Crippen LogP contribution in [0.5, 0.6) is 5.75 Å². The average Bonchev–Trinajstić information content (AvgIpc) is 3.50. The highest BCUT2D eigenvalue weighted by atomic mass is 19.4. The van der Waals surface area contributed by atoms with E-state index in [4.69, 9.17) is 4.74 Å². The first-order chi connectivity index (χ1) is 14.2. The van der Waals surface area contributed by atoms with Crippen LogP contribution in [0.1, 0.15) is 51.9 Å². The monoisotopic (exact) mass is 418 g/mol. The maximum atomic E-state index is 13.2. The van der Waals surface area contributed by atoms with E-state index in [1.54, 1.807) is 0 Å². The van der Waals surface area contributed by atoms with E-state index in [2.05, 4.69) is 11.8 Å². The van der Waals surface area contributed by atoms with Crippen LogP contribution in [0.2, 0.25) is 0 Å². The minimum Gasteiger partial charge on any atom is -0.508 e. The van der Waals surface area contributed by atoms with E-state index < -0.39 is 23.5 Å². The minimum atomic E-state index is -4.66. The summed E-state index contributed by atoms with van der Waals surface area (Å²) in [5, 5.41) is 18.6. The number of benzene rings is 2. The van der Waals surface area contributed by atoms with E-state index in [0.717, 1.165) is 18.7 Å². The summed E-state index contributed by atoms with van der Waals surface area (Å²) in [5.41, 5.74) is -0.0864. The molecule has 0 spiro atoms. The van der Waals surface area contributed by atoms with E-state index in [1.165, 1.54) is 31.0 Å². The zero-order valence-corrected chi connectivity index (χ0v) is 16.1. The van der Waals surface area contributed by atoms with Gasteiger partial charge in [0.05, 0.1) is 11.1 Å². The zero-order valence-electron chi connectivity index (χ0n) is 16.1. The highest BCUT2D eigenvalue weighted by Gasteiger charge is 2.33. The molecule has 158 valence electrons. The quantitative estimate of drug-likeness (QED) is 0.497. The Morgan fingerprint density at radius 1 is 1.10 bits per heavy atom. The van der Waals surface area contributed by atoms with Gasteiger partial charge in [0.2, 0.25) is 0 Å². The smallest absolute Gasteiger partial charge is 0.417 e. The summed E-state index contributed by atoms with van der Waals surface area (Å²) in [7, 11) is 0. The number of hydrogen-bond acceptors (Lipinski definition) is 3. The second-order valence-corrected chi connectivity index (χ2v) is 7.28. The van der Waals surface area contributed by atoms with E-state index in [1.807, 2.05) is 0 Å². The molecule has 3 rings (SSSR count). The summed E-state index contributed by atoms with van der Waals surface area (Å²) < 4.78 is 45.2. The molecule has 2 aromatic carbocycles. The van der Waals surface area contributed by atoms with Gasteiger partial charge in [0, 0.05) is 24.3 Å². The van der Waals surface area contributed by atoms with E-state index >= 15 is 0 Å². The van der Waals surface area contributed by atoms with Gasteiger partial charge in [-0.3, -0.25) is 0 Å². The van der Waals surface area contributed by atoms with Crippen molar-refractivity contribution in [3.05, 3.63) is 64.2 Å². The van der Waals surface area contributed by atoms with Gasteiger partial charge in [-0.05, 0) is 73.6 Å². The first-order valence-electron chi connectivity index (χ1n) is 9.60. The fraction of sp³-hybridized carbons (Fsp3) is 0.348. The van der Waals surface area contributed by atoms with Crippen LogP contribution in [0.3, 0.4) is 0 Å². The zero-order chi connectivity index (χ0) is 21.7. The van der Waals surface area contributed by atoms with Crippen molar-refractivity contribution in [2.75, 3.05) is 13.2 Å². The number of alkyl halides is 3. The van der Waals surface area contributed by atoms with Crippen LogP contribution < -0.4 is 0 Å². The van der Waals surface area contributed by atoms with Crippen molar-refractivity contribution in [2.24, 2.45) is 5.92 Å². The Labute approximate surface area is 172 Å². The number of carbonyl (C=O) groups is 1. The van der Waals surface area contributed by atoms with Crippen LogP contribution in [0, 0.1) is 17.8 Å². The number of halogens is 3. The van der Waals surface area contributed by atoms with Gasteiger partial charge in [0.1, 0.15) is 5.75 Å². The Morgan fingerprint density at radius 3 is 2.47 bits per heavy atom. The molecule has 1 fully saturated rings. The molecule has 1 aliphatic rings. The second kappa shape index (κ2) is 9.23. The summed E-state index contributed by atoms with van der Waals surface area (Å²) in [6, 6.07) is 7.27. The molecule has 2 N–H and O–H groups in total. The van der Waals surface area contributed by atoms with Gasteiger partial charge in [-0.25, -0.2) is 4.79 Å². The lowest BCUT2D eigenvalue weighted by Gasteiger charge is -2.10. The summed E-state index contributed by atoms with van der Waals surface area (Å²) in [5.74, 6) is 4.32. The van der Waals surface area contributed by atoms with Gasteiger partial charge in [-0.15, -0.1) is 0 Å². The lowest BCUT2D eigenvalue weighted by molar-refractivity contribution is -0.137. The summed E-state index contributed by atoms with van der Waals surface area (Å²) in [4.78, 5) is 11.3. The van der Waals surface area contributed by atoms with Gasteiger partial charge in [0.25, 0.3) is 0 Å². The maximum Gasteiger partial charge on any atom is 0.417 e. The fourth-order valence-electron chi connectivity index (χ4n) is 2.97. The lowest BCUT2D eigenvalue weighted by atomic mass is 9.99. The fourth-order valence-corrected chi connectivity index (χ4v) is 2.97. The third-order valence-electron chi connectivity index (χ3n) is 4.78. The SMILES string of the molecule is O=C(O)c1ccc(C#Cc2ccc(O)cc2C(F)(F)F)c(CCCOCC2CC2)c1. The minimum absolute atomic E-state index is 0.0927. The number of phenolic OH excluding ortho intramolecular Hbond substituents is 1. The van der Waals surface area contributed by atoms with Crippen LogP contribution in [-0.4, -0.2) is 29.4 Å². The van der Waals surface area contributed by atoms with Crippen molar-refractivity contribution in [2.45, 2.75) is 31.9 Å². The van der Waals surface area contributed by atoms with Crippen molar-refractivity contribution < 1.29 is 32.9 Å². The van der Waals surface area contributed by atoms with Gasteiger partial charge >= 0.3 is 12.1 Å². The van der Waals surface area contributed by atoms with E-state index in [9.17, 15) is 28.2 Å². The summed E-state index contributed by atoms with van der Waals surface area (Å²) >= 11 is 0. The van der Waals surface area contributed by atoms with E-state index in [0.29, 0.717) is 42.6 Å². The molecule has 0 radical (unpaired) electrons. The number of ether oxygens (including phenoxy) is 1. The molecule has 4 nitrogen and oxygen atoms in total. The molecule has 2 aromatic rings. The highest BCUT2D eigenvalue weighted by Crippen LogP contribution is 2.34. The van der Waals surface area contributed by atoms with Crippen LogP contribution in [0.15, 0.2) is 36.4 Å². The predicted octanol–water partition coefficient (Wildman–Crippen LogP) is 4.87. The topological polar surface area (TPSA) is 66.8 Å². The van der Waals surface area contributed by atoms with Crippen molar-refractivity contribution in [3.8, 4) is 17.6 Å².